The zero-order valence-corrected chi connectivity index (χ0v) is 17.3. The molecular weight excluding hydrogens is 398 g/mol. The van der Waals surface area contributed by atoms with Gasteiger partial charge in [0.25, 0.3) is 0 Å². The van der Waals surface area contributed by atoms with Crippen LogP contribution < -0.4 is 5.32 Å². The lowest BCUT2D eigenvalue weighted by atomic mass is 9.98. The molecule has 0 amide bonds. The van der Waals surface area contributed by atoms with E-state index in [1.165, 1.54) is 20.5 Å². The molecule has 3 aliphatic rings. The van der Waals surface area contributed by atoms with E-state index in [9.17, 15) is 0 Å². The molecule has 30 heavy (non-hydrogen) atoms. The maximum absolute atomic E-state index is 9.12. The van der Waals surface area contributed by atoms with E-state index in [0.717, 1.165) is 31.4 Å². The maximum Gasteiger partial charge on any atom is 0.166 e. The fraction of sp³-hybridized carbons (Fsp3) is 0.429. The molecule has 0 radical (unpaired) electrons. The predicted octanol–water partition coefficient (Wildman–Crippen LogP) is 3.18. The van der Waals surface area contributed by atoms with E-state index in [1.54, 1.807) is 4.68 Å². The van der Waals surface area contributed by atoms with Crippen molar-refractivity contribution in [2.45, 2.75) is 44.1 Å². The number of aliphatic hydroxyl groups excluding tert-OH is 1. The number of fused-ring (bicyclic) bond motifs is 1. The molecule has 154 valence electrons. The molecule has 1 saturated carbocycles. The highest BCUT2D eigenvalue weighted by Crippen LogP contribution is 2.58. The van der Waals surface area contributed by atoms with Crippen LogP contribution in [-0.2, 0) is 13.1 Å². The van der Waals surface area contributed by atoms with Gasteiger partial charge in [0.15, 0.2) is 6.17 Å². The first kappa shape index (κ1) is 18.0. The van der Waals surface area contributed by atoms with Crippen LogP contribution in [-0.4, -0.2) is 43.2 Å². The number of nitrogens with zero attached hydrogens (tertiary/aromatic N) is 6. The summed E-state index contributed by atoms with van der Waals surface area (Å²) >= 11 is 1.81. The molecule has 3 atom stereocenters. The third-order valence-corrected chi connectivity index (χ3v) is 7.63. The summed E-state index contributed by atoms with van der Waals surface area (Å²) in [5.41, 5.74) is 2.34. The van der Waals surface area contributed by atoms with Crippen LogP contribution in [0.1, 0.15) is 29.7 Å². The van der Waals surface area contributed by atoms with Crippen LogP contribution in [0.3, 0.4) is 0 Å². The SMILES string of the molecule is OCCn1cc(/C2=C/NC3N=NN(Cc4cc5cnccc5s4)C34CC4CC2)cn1. The van der Waals surface area contributed by atoms with Crippen molar-refractivity contribution in [3.8, 4) is 0 Å². The maximum atomic E-state index is 9.12. The molecule has 1 spiro atoms. The topological polar surface area (TPSA) is 90.9 Å². The second-order valence-corrected chi connectivity index (χ2v) is 9.44. The fourth-order valence-corrected chi connectivity index (χ4v) is 5.88. The third kappa shape index (κ3) is 2.84. The van der Waals surface area contributed by atoms with E-state index >= 15 is 0 Å². The van der Waals surface area contributed by atoms with Crippen LogP contribution in [0.15, 0.2) is 53.5 Å². The van der Waals surface area contributed by atoms with Gasteiger partial charge in [0, 0.05) is 45.3 Å². The number of thiophene rings is 1. The summed E-state index contributed by atoms with van der Waals surface area (Å²) in [7, 11) is 0. The van der Waals surface area contributed by atoms with Crippen LogP contribution in [0, 0.1) is 5.92 Å². The molecule has 0 bridgehead atoms. The molecule has 3 unspecified atom stereocenters. The highest BCUT2D eigenvalue weighted by Gasteiger charge is 2.66. The molecule has 1 fully saturated rings. The van der Waals surface area contributed by atoms with Crippen LogP contribution in [0.2, 0.25) is 0 Å². The molecule has 8 nitrogen and oxygen atoms in total. The fourth-order valence-electron chi connectivity index (χ4n) is 4.86. The van der Waals surface area contributed by atoms with Crippen LogP contribution >= 0.6 is 11.3 Å². The van der Waals surface area contributed by atoms with E-state index in [2.05, 4.69) is 49.1 Å². The molecule has 0 saturated heterocycles. The predicted molar refractivity (Wildman–Crippen MR) is 114 cm³/mol. The molecule has 1 aliphatic carbocycles. The van der Waals surface area contributed by atoms with Crippen molar-refractivity contribution in [3.05, 3.63) is 53.6 Å². The second kappa shape index (κ2) is 6.88. The van der Waals surface area contributed by atoms with Gasteiger partial charge in [-0.15, -0.1) is 16.5 Å². The van der Waals surface area contributed by atoms with Crippen LogP contribution in [0.25, 0.3) is 15.7 Å². The minimum atomic E-state index is -0.0127. The Balaban J connectivity index is 1.21. The first-order valence-corrected chi connectivity index (χ1v) is 11.2. The van der Waals surface area contributed by atoms with E-state index in [0.29, 0.717) is 12.5 Å². The van der Waals surface area contributed by atoms with Crippen molar-refractivity contribution in [3.63, 3.8) is 0 Å². The Morgan fingerprint density at radius 1 is 1.33 bits per heavy atom. The van der Waals surface area contributed by atoms with Crippen molar-refractivity contribution in [2.24, 2.45) is 16.3 Å². The Morgan fingerprint density at radius 2 is 2.30 bits per heavy atom. The highest BCUT2D eigenvalue weighted by molar-refractivity contribution is 7.19. The van der Waals surface area contributed by atoms with Gasteiger partial charge in [0.1, 0.15) is 5.54 Å². The van der Waals surface area contributed by atoms with Gasteiger partial charge in [-0.3, -0.25) is 14.7 Å². The minimum Gasteiger partial charge on any atom is -0.394 e. The summed E-state index contributed by atoms with van der Waals surface area (Å²) in [6.07, 6.45) is 13.0. The van der Waals surface area contributed by atoms with Crippen molar-refractivity contribution >= 4 is 27.0 Å². The largest absolute Gasteiger partial charge is 0.394 e. The Hall–Kier alpha value is -2.78. The smallest absolute Gasteiger partial charge is 0.166 e. The monoisotopic (exact) mass is 421 g/mol. The standard InChI is InChI=1S/C21H23N7OS/c29-6-5-27-12-16(11-24-27)14-1-2-17-8-21(17)20(23-10-14)25-26-28(21)13-18-7-15-9-22-4-3-19(15)30-18/h3-4,7,9-12,17,20,23,29H,1-2,5-6,8,13H2/b14-10+. The van der Waals surface area contributed by atoms with Crippen molar-refractivity contribution in [2.75, 3.05) is 6.61 Å². The van der Waals surface area contributed by atoms with Gasteiger partial charge in [-0.05, 0) is 42.9 Å². The average Bonchev–Trinajstić information content (AvgIpc) is 3.05. The zero-order valence-electron chi connectivity index (χ0n) is 16.5. The number of pyridine rings is 1. The zero-order chi connectivity index (χ0) is 20.1. The molecule has 5 heterocycles. The molecular formula is C21H23N7OS. The summed E-state index contributed by atoms with van der Waals surface area (Å²) in [5.74, 6) is 0.581. The van der Waals surface area contributed by atoms with E-state index < -0.39 is 0 Å². The van der Waals surface area contributed by atoms with Gasteiger partial charge in [0.05, 0.1) is 25.9 Å². The van der Waals surface area contributed by atoms with E-state index in [-0.39, 0.29) is 18.3 Å². The normalized spacial score (nSPS) is 29.0. The van der Waals surface area contributed by atoms with Crippen molar-refractivity contribution in [1.82, 2.24) is 25.1 Å². The molecule has 2 N–H and O–H groups in total. The van der Waals surface area contributed by atoms with Crippen molar-refractivity contribution in [1.29, 1.82) is 0 Å². The van der Waals surface area contributed by atoms with Gasteiger partial charge in [-0.25, -0.2) is 0 Å². The Labute approximate surface area is 177 Å². The van der Waals surface area contributed by atoms with Gasteiger partial charge < -0.3 is 10.4 Å². The number of hydrogen-bond donors (Lipinski definition) is 2. The van der Waals surface area contributed by atoms with Gasteiger partial charge in [-0.1, -0.05) is 5.22 Å². The number of aliphatic hydroxyl groups is 1. The summed E-state index contributed by atoms with van der Waals surface area (Å²) < 4.78 is 3.05. The molecule has 3 aromatic heterocycles. The van der Waals surface area contributed by atoms with Gasteiger partial charge in [0.2, 0.25) is 0 Å². The van der Waals surface area contributed by atoms with E-state index in [1.807, 2.05) is 36.1 Å². The highest BCUT2D eigenvalue weighted by atomic mass is 32.1. The summed E-state index contributed by atoms with van der Waals surface area (Å²) in [6.45, 7) is 1.41. The van der Waals surface area contributed by atoms with E-state index in [4.69, 9.17) is 5.11 Å². The number of aromatic nitrogens is 3. The Bertz CT molecular complexity index is 1120. The number of allylic oxidation sites excluding steroid dienone is 1. The average molecular weight is 422 g/mol. The lowest BCUT2D eigenvalue weighted by Gasteiger charge is -2.28. The summed E-state index contributed by atoms with van der Waals surface area (Å²) in [4.78, 5) is 5.53. The first-order chi connectivity index (χ1) is 14.8. The van der Waals surface area contributed by atoms with Crippen LogP contribution in [0.4, 0.5) is 0 Å². The lowest BCUT2D eigenvalue weighted by Crippen LogP contribution is -2.45. The van der Waals surface area contributed by atoms with Gasteiger partial charge >= 0.3 is 0 Å². The summed E-state index contributed by atoms with van der Waals surface area (Å²) in [5, 5.41) is 29.6. The molecule has 2 aliphatic heterocycles. The van der Waals surface area contributed by atoms with Crippen molar-refractivity contribution < 1.29 is 5.11 Å². The Kier molecular flexibility index (Phi) is 4.14. The quantitative estimate of drug-likeness (QED) is 0.660. The molecule has 6 rings (SSSR count). The number of nitrogens with one attached hydrogen (secondary N) is 1. The van der Waals surface area contributed by atoms with Gasteiger partial charge in [-0.2, -0.15) is 5.10 Å². The number of rotatable bonds is 5. The third-order valence-electron chi connectivity index (χ3n) is 6.53. The first-order valence-electron chi connectivity index (χ1n) is 10.4. The molecule has 3 aromatic rings. The molecule has 0 aromatic carbocycles. The van der Waals surface area contributed by atoms with Crippen LogP contribution in [0.5, 0.6) is 0 Å². The summed E-state index contributed by atoms with van der Waals surface area (Å²) in [6, 6.07) is 4.30. The number of hydrogen-bond acceptors (Lipinski definition) is 8. The molecule has 9 heteroatoms. The second-order valence-electron chi connectivity index (χ2n) is 8.27. The lowest BCUT2D eigenvalue weighted by molar-refractivity contribution is 0.167. The minimum absolute atomic E-state index is 0.00246. The Morgan fingerprint density at radius 3 is 3.20 bits per heavy atom.